The highest BCUT2D eigenvalue weighted by Gasteiger charge is 2.28. The average Bonchev–Trinajstić information content (AvgIpc) is 2.44. The molecule has 2 rings (SSSR count). The molecule has 1 heterocycles. The van der Waals surface area contributed by atoms with E-state index in [1.807, 2.05) is 18.2 Å². The number of rotatable bonds is 4. The van der Waals surface area contributed by atoms with Crippen molar-refractivity contribution in [1.29, 1.82) is 0 Å². The van der Waals surface area contributed by atoms with E-state index in [1.165, 1.54) is 6.42 Å². The van der Waals surface area contributed by atoms with Crippen LogP contribution in [0, 0.1) is 5.92 Å². The fourth-order valence-corrected chi connectivity index (χ4v) is 3.24. The molecule has 4 heteroatoms. The van der Waals surface area contributed by atoms with Crippen LogP contribution in [0.5, 0.6) is 0 Å². The molecule has 0 radical (unpaired) electrons. The van der Waals surface area contributed by atoms with E-state index in [1.54, 1.807) is 0 Å². The second-order valence-electron chi connectivity index (χ2n) is 5.88. The Morgan fingerprint density at radius 3 is 2.60 bits per heavy atom. The van der Waals surface area contributed by atoms with E-state index >= 15 is 0 Å². The minimum atomic E-state index is 0.502. The van der Waals surface area contributed by atoms with Gasteiger partial charge in [-0.15, -0.1) is 0 Å². The summed E-state index contributed by atoms with van der Waals surface area (Å²) >= 11 is 12.6. The van der Waals surface area contributed by atoms with Crippen molar-refractivity contribution in [3.63, 3.8) is 0 Å². The minimum Gasteiger partial charge on any atom is -0.311 e. The van der Waals surface area contributed by atoms with Crippen LogP contribution in [0.4, 0.5) is 0 Å². The zero-order valence-corrected chi connectivity index (χ0v) is 14.0. The smallest absolute Gasteiger partial charge is 0.0465 e. The molecule has 0 bridgehead atoms. The molecule has 0 aromatic heterocycles. The third kappa shape index (κ3) is 3.67. The fourth-order valence-electron chi connectivity index (χ4n) is 2.72. The summed E-state index contributed by atoms with van der Waals surface area (Å²) < 4.78 is 0. The molecular formula is C16H24Cl2N2. The van der Waals surface area contributed by atoms with Gasteiger partial charge in [-0.05, 0) is 25.0 Å². The van der Waals surface area contributed by atoms with Crippen LogP contribution in [0.25, 0.3) is 0 Å². The first-order valence-electron chi connectivity index (χ1n) is 7.43. The monoisotopic (exact) mass is 314 g/mol. The van der Waals surface area contributed by atoms with Crippen molar-refractivity contribution >= 4 is 23.2 Å². The standard InChI is InChI=1S/C16H24Cl2N2/c1-4-11(2)16-10-20(12(3)8-19-16)9-13-14(17)6-5-7-15(13)18/h5-7,11-12,16,19H,4,8-10H2,1-3H3. The lowest BCUT2D eigenvalue weighted by molar-refractivity contribution is 0.112. The third-order valence-electron chi connectivity index (χ3n) is 4.48. The predicted molar refractivity (Wildman–Crippen MR) is 87.6 cm³/mol. The van der Waals surface area contributed by atoms with Gasteiger partial charge in [-0.3, -0.25) is 4.90 Å². The second-order valence-corrected chi connectivity index (χ2v) is 6.69. The molecule has 0 saturated carbocycles. The predicted octanol–water partition coefficient (Wildman–Crippen LogP) is 4.20. The summed E-state index contributed by atoms with van der Waals surface area (Å²) in [6.07, 6.45) is 1.20. The van der Waals surface area contributed by atoms with Crippen molar-refractivity contribution in [3.05, 3.63) is 33.8 Å². The molecule has 1 fully saturated rings. The van der Waals surface area contributed by atoms with Crippen LogP contribution in [0.3, 0.4) is 0 Å². The lowest BCUT2D eigenvalue weighted by Crippen LogP contribution is -2.56. The van der Waals surface area contributed by atoms with E-state index < -0.39 is 0 Å². The summed E-state index contributed by atoms with van der Waals surface area (Å²) in [6, 6.07) is 6.79. The number of hydrogen-bond donors (Lipinski definition) is 1. The maximum Gasteiger partial charge on any atom is 0.0465 e. The first kappa shape index (κ1) is 16.1. The van der Waals surface area contributed by atoms with Gasteiger partial charge < -0.3 is 5.32 Å². The van der Waals surface area contributed by atoms with Gasteiger partial charge in [0.2, 0.25) is 0 Å². The highest BCUT2D eigenvalue weighted by molar-refractivity contribution is 6.35. The van der Waals surface area contributed by atoms with E-state index in [0.29, 0.717) is 18.0 Å². The molecule has 20 heavy (non-hydrogen) atoms. The van der Waals surface area contributed by atoms with Gasteiger partial charge in [0.05, 0.1) is 0 Å². The largest absolute Gasteiger partial charge is 0.311 e. The van der Waals surface area contributed by atoms with E-state index in [0.717, 1.165) is 35.2 Å². The normalized spacial score (nSPS) is 25.6. The Kier molecular flexibility index (Phi) is 5.74. The van der Waals surface area contributed by atoms with Crippen molar-refractivity contribution < 1.29 is 0 Å². The van der Waals surface area contributed by atoms with E-state index in [9.17, 15) is 0 Å². The van der Waals surface area contributed by atoms with Crippen molar-refractivity contribution in [2.24, 2.45) is 5.92 Å². The number of piperazine rings is 1. The third-order valence-corrected chi connectivity index (χ3v) is 5.19. The van der Waals surface area contributed by atoms with Crippen LogP contribution in [-0.4, -0.2) is 30.1 Å². The van der Waals surface area contributed by atoms with Gasteiger partial charge in [0.25, 0.3) is 0 Å². The number of benzene rings is 1. The van der Waals surface area contributed by atoms with Gasteiger partial charge in [-0.25, -0.2) is 0 Å². The number of hydrogen-bond acceptors (Lipinski definition) is 2. The molecule has 1 aromatic carbocycles. The molecule has 3 unspecified atom stereocenters. The van der Waals surface area contributed by atoms with Crippen LogP contribution < -0.4 is 5.32 Å². The second kappa shape index (κ2) is 7.13. The van der Waals surface area contributed by atoms with Gasteiger partial charge in [-0.1, -0.05) is 49.5 Å². The SMILES string of the molecule is CCC(C)C1CN(Cc2c(Cl)cccc2Cl)C(C)CN1. The zero-order chi connectivity index (χ0) is 14.7. The van der Waals surface area contributed by atoms with Crippen molar-refractivity contribution in [3.8, 4) is 0 Å². The molecule has 2 nitrogen and oxygen atoms in total. The molecule has 1 N–H and O–H groups in total. The van der Waals surface area contributed by atoms with E-state index in [2.05, 4.69) is 31.0 Å². The quantitative estimate of drug-likeness (QED) is 0.896. The maximum absolute atomic E-state index is 6.30. The Morgan fingerprint density at radius 2 is 2.00 bits per heavy atom. The van der Waals surface area contributed by atoms with Crippen molar-refractivity contribution in [1.82, 2.24) is 10.2 Å². The summed E-state index contributed by atoms with van der Waals surface area (Å²) in [5, 5.41) is 5.19. The fraction of sp³-hybridized carbons (Fsp3) is 0.625. The molecule has 3 atom stereocenters. The molecule has 0 spiro atoms. The highest BCUT2D eigenvalue weighted by Crippen LogP contribution is 2.27. The van der Waals surface area contributed by atoms with E-state index in [4.69, 9.17) is 23.2 Å². The number of nitrogens with zero attached hydrogens (tertiary/aromatic N) is 1. The van der Waals surface area contributed by atoms with Crippen molar-refractivity contribution in [2.45, 2.75) is 45.8 Å². The van der Waals surface area contributed by atoms with Gasteiger partial charge in [0.1, 0.15) is 0 Å². The van der Waals surface area contributed by atoms with Gasteiger partial charge in [0, 0.05) is 47.3 Å². The molecular weight excluding hydrogens is 291 g/mol. The van der Waals surface area contributed by atoms with Gasteiger partial charge in [0.15, 0.2) is 0 Å². The van der Waals surface area contributed by atoms with Crippen LogP contribution in [0.2, 0.25) is 10.0 Å². The zero-order valence-electron chi connectivity index (χ0n) is 12.5. The molecule has 1 aliphatic rings. The van der Waals surface area contributed by atoms with Crippen LogP contribution in [0.1, 0.15) is 32.8 Å². The Hall–Kier alpha value is -0.280. The Balaban J connectivity index is 2.10. The summed E-state index contributed by atoms with van der Waals surface area (Å²) in [5.74, 6) is 0.687. The summed E-state index contributed by atoms with van der Waals surface area (Å²) in [6.45, 7) is 9.72. The summed E-state index contributed by atoms with van der Waals surface area (Å²) in [7, 11) is 0. The highest BCUT2D eigenvalue weighted by atomic mass is 35.5. The van der Waals surface area contributed by atoms with Crippen LogP contribution in [-0.2, 0) is 6.54 Å². The Morgan fingerprint density at radius 1 is 1.35 bits per heavy atom. The first-order chi connectivity index (χ1) is 9.52. The summed E-state index contributed by atoms with van der Waals surface area (Å²) in [5.41, 5.74) is 1.05. The molecule has 0 amide bonds. The maximum atomic E-state index is 6.30. The lowest BCUT2D eigenvalue weighted by Gasteiger charge is -2.41. The van der Waals surface area contributed by atoms with Crippen LogP contribution >= 0.6 is 23.2 Å². The Bertz CT molecular complexity index is 430. The van der Waals surface area contributed by atoms with Gasteiger partial charge >= 0.3 is 0 Å². The van der Waals surface area contributed by atoms with Crippen molar-refractivity contribution in [2.75, 3.05) is 13.1 Å². The molecule has 1 saturated heterocycles. The summed E-state index contributed by atoms with van der Waals surface area (Å²) in [4.78, 5) is 2.49. The van der Waals surface area contributed by atoms with Gasteiger partial charge in [-0.2, -0.15) is 0 Å². The number of halogens is 2. The minimum absolute atomic E-state index is 0.502. The Labute approximate surface area is 132 Å². The first-order valence-corrected chi connectivity index (χ1v) is 8.18. The molecule has 1 aliphatic heterocycles. The molecule has 112 valence electrons. The average molecular weight is 315 g/mol. The topological polar surface area (TPSA) is 15.3 Å². The number of nitrogens with one attached hydrogen (secondary N) is 1. The van der Waals surface area contributed by atoms with Crippen LogP contribution in [0.15, 0.2) is 18.2 Å². The van der Waals surface area contributed by atoms with E-state index in [-0.39, 0.29) is 0 Å². The molecule has 0 aliphatic carbocycles. The molecule has 1 aromatic rings. The lowest BCUT2D eigenvalue weighted by atomic mass is 9.95.